The lowest BCUT2D eigenvalue weighted by atomic mass is 9.62. The third-order valence-electron chi connectivity index (χ3n) is 3.66. The molecule has 0 aromatic heterocycles. The molecule has 1 aliphatic heterocycles. The van der Waals surface area contributed by atoms with Crippen LogP contribution in [0.2, 0.25) is 0 Å². The van der Waals surface area contributed by atoms with Crippen LogP contribution < -0.4 is 5.73 Å². The summed E-state index contributed by atoms with van der Waals surface area (Å²) in [7, 11) is 1.69. The zero-order valence-electron chi connectivity index (χ0n) is 8.66. The molecule has 4 heteroatoms. The monoisotopic (exact) mass is 201 g/mol. The van der Waals surface area contributed by atoms with Crippen molar-refractivity contribution in [3.05, 3.63) is 0 Å². The zero-order chi connectivity index (χ0) is 10.2. The van der Waals surface area contributed by atoms with Gasteiger partial charge >= 0.3 is 0 Å². The summed E-state index contributed by atoms with van der Waals surface area (Å²) < 4.78 is 10.5. The Morgan fingerprint density at radius 2 is 2.21 bits per heavy atom. The highest BCUT2D eigenvalue weighted by Crippen LogP contribution is 2.43. The van der Waals surface area contributed by atoms with Crippen molar-refractivity contribution in [2.24, 2.45) is 5.73 Å². The van der Waals surface area contributed by atoms with Crippen molar-refractivity contribution in [1.82, 2.24) is 0 Å². The Kier molecular flexibility index (Phi) is 2.55. The van der Waals surface area contributed by atoms with Gasteiger partial charge in [-0.1, -0.05) is 0 Å². The SMILES string of the molecule is COC1CC(N)(C2(O)CCCOC2)C1. The molecule has 14 heavy (non-hydrogen) atoms. The summed E-state index contributed by atoms with van der Waals surface area (Å²) in [6, 6.07) is 0. The van der Waals surface area contributed by atoms with Gasteiger partial charge in [-0.05, 0) is 25.7 Å². The highest BCUT2D eigenvalue weighted by atomic mass is 16.5. The van der Waals surface area contributed by atoms with Gasteiger partial charge in [0.15, 0.2) is 0 Å². The van der Waals surface area contributed by atoms with E-state index in [1.54, 1.807) is 7.11 Å². The maximum absolute atomic E-state index is 10.4. The number of ether oxygens (including phenoxy) is 2. The van der Waals surface area contributed by atoms with E-state index >= 15 is 0 Å². The molecule has 2 aliphatic rings. The Hall–Kier alpha value is -0.160. The summed E-state index contributed by atoms with van der Waals surface area (Å²) in [5, 5.41) is 10.4. The number of nitrogens with two attached hydrogens (primary N) is 1. The Bertz CT molecular complexity index is 207. The molecule has 2 fully saturated rings. The van der Waals surface area contributed by atoms with Crippen molar-refractivity contribution in [2.45, 2.75) is 42.9 Å². The van der Waals surface area contributed by atoms with Crippen molar-refractivity contribution >= 4 is 0 Å². The number of aliphatic hydroxyl groups is 1. The number of hydrogen-bond donors (Lipinski definition) is 2. The smallest absolute Gasteiger partial charge is 0.106 e. The van der Waals surface area contributed by atoms with E-state index in [0.717, 1.165) is 32.3 Å². The summed E-state index contributed by atoms with van der Waals surface area (Å²) in [6.45, 7) is 1.12. The predicted molar refractivity (Wildman–Crippen MR) is 52.0 cm³/mol. The normalized spacial score (nSPS) is 48.6. The molecule has 82 valence electrons. The first-order valence-electron chi connectivity index (χ1n) is 5.21. The highest BCUT2D eigenvalue weighted by molar-refractivity contribution is 5.13. The van der Waals surface area contributed by atoms with Gasteiger partial charge in [0.05, 0.1) is 18.2 Å². The van der Waals surface area contributed by atoms with E-state index in [4.69, 9.17) is 15.2 Å². The molecule has 1 saturated heterocycles. The van der Waals surface area contributed by atoms with E-state index < -0.39 is 11.1 Å². The quantitative estimate of drug-likeness (QED) is 0.662. The first-order valence-corrected chi connectivity index (χ1v) is 5.21. The van der Waals surface area contributed by atoms with Crippen LogP contribution in [0.4, 0.5) is 0 Å². The molecule has 0 amide bonds. The third-order valence-corrected chi connectivity index (χ3v) is 3.66. The molecule has 0 aromatic carbocycles. The number of methoxy groups -OCH3 is 1. The minimum Gasteiger partial charge on any atom is -0.386 e. The second-order valence-electron chi connectivity index (χ2n) is 4.61. The fourth-order valence-electron chi connectivity index (χ4n) is 2.47. The second-order valence-corrected chi connectivity index (χ2v) is 4.61. The van der Waals surface area contributed by atoms with Gasteiger partial charge in [0.2, 0.25) is 0 Å². The summed E-state index contributed by atoms with van der Waals surface area (Å²) in [5.41, 5.74) is 4.84. The zero-order valence-corrected chi connectivity index (χ0v) is 8.66. The molecule has 0 bridgehead atoms. The molecule has 3 N–H and O–H groups in total. The minimum absolute atomic E-state index is 0.214. The molecular formula is C10H19NO3. The lowest BCUT2D eigenvalue weighted by Crippen LogP contribution is -2.71. The number of rotatable bonds is 2. The topological polar surface area (TPSA) is 64.7 Å². The lowest BCUT2D eigenvalue weighted by Gasteiger charge is -2.54. The Labute approximate surface area is 84.4 Å². The van der Waals surface area contributed by atoms with E-state index in [-0.39, 0.29) is 6.10 Å². The van der Waals surface area contributed by atoms with E-state index in [1.165, 1.54) is 0 Å². The minimum atomic E-state index is -0.833. The molecule has 1 heterocycles. The number of hydrogen-bond acceptors (Lipinski definition) is 4. The first kappa shape index (κ1) is 10.4. The maximum Gasteiger partial charge on any atom is 0.106 e. The first-order chi connectivity index (χ1) is 6.60. The Morgan fingerprint density at radius 1 is 1.50 bits per heavy atom. The van der Waals surface area contributed by atoms with Crippen LogP contribution in [0.15, 0.2) is 0 Å². The van der Waals surface area contributed by atoms with Crippen LogP contribution in [0.25, 0.3) is 0 Å². The molecule has 4 nitrogen and oxygen atoms in total. The molecule has 2 rings (SSSR count). The Balaban J connectivity index is 1.99. The van der Waals surface area contributed by atoms with Crippen LogP contribution in [0, 0.1) is 0 Å². The van der Waals surface area contributed by atoms with Gasteiger partial charge in [-0.25, -0.2) is 0 Å². The van der Waals surface area contributed by atoms with Crippen molar-refractivity contribution in [2.75, 3.05) is 20.3 Å². The summed E-state index contributed by atoms with van der Waals surface area (Å²) >= 11 is 0. The summed E-state index contributed by atoms with van der Waals surface area (Å²) in [6.07, 6.45) is 3.34. The average Bonchev–Trinajstić information content (AvgIpc) is 2.14. The molecule has 1 unspecified atom stereocenters. The van der Waals surface area contributed by atoms with Crippen LogP contribution in [-0.4, -0.2) is 42.7 Å². The van der Waals surface area contributed by atoms with Crippen LogP contribution in [-0.2, 0) is 9.47 Å². The molecule has 0 radical (unpaired) electrons. The van der Waals surface area contributed by atoms with Crippen LogP contribution >= 0.6 is 0 Å². The van der Waals surface area contributed by atoms with Crippen LogP contribution in [0.1, 0.15) is 25.7 Å². The largest absolute Gasteiger partial charge is 0.386 e. The molecule has 1 saturated carbocycles. The van der Waals surface area contributed by atoms with Gasteiger partial charge in [0.1, 0.15) is 5.60 Å². The summed E-state index contributed by atoms with van der Waals surface area (Å²) in [5.74, 6) is 0. The average molecular weight is 201 g/mol. The van der Waals surface area contributed by atoms with Crippen molar-refractivity contribution in [3.8, 4) is 0 Å². The van der Waals surface area contributed by atoms with E-state index in [2.05, 4.69) is 0 Å². The molecule has 0 spiro atoms. The van der Waals surface area contributed by atoms with Gasteiger partial charge in [-0.15, -0.1) is 0 Å². The molecule has 1 atom stereocenters. The fourth-order valence-corrected chi connectivity index (χ4v) is 2.47. The fraction of sp³-hybridized carbons (Fsp3) is 1.00. The van der Waals surface area contributed by atoms with Crippen molar-refractivity contribution < 1.29 is 14.6 Å². The Morgan fingerprint density at radius 3 is 2.71 bits per heavy atom. The van der Waals surface area contributed by atoms with E-state index in [9.17, 15) is 5.11 Å². The molecule has 1 aliphatic carbocycles. The van der Waals surface area contributed by atoms with Crippen molar-refractivity contribution in [1.29, 1.82) is 0 Å². The van der Waals surface area contributed by atoms with Crippen LogP contribution in [0.3, 0.4) is 0 Å². The molecule has 0 aromatic rings. The molecular weight excluding hydrogens is 182 g/mol. The van der Waals surface area contributed by atoms with E-state index in [1.807, 2.05) is 0 Å². The van der Waals surface area contributed by atoms with Crippen molar-refractivity contribution in [3.63, 3.8) is 0 Å². The van der Waals surface area contributed by atoms with E-state index in [0.29, 0.717) is 6.61 Å². The van der Waals surface area contributed by atoms with Gasteiger partial charge in [-0.3, -0.25) is 0 Å². The summed E-state index contributed by atoms with van der Waals surface area (Å²) in [4.78, 5) is 0. The van der Waals surface area contributed by atoms with Gasteiger partial charge in [0, 0.05) is 13.7 Å². The second kappa shape index (κ2) is 3.45. The highest BCUT2D eigenvalue weighted by Gasteiger charge is 2.56. The third kappa shape index (κ3) is 1.46. The maximum atomic E-state index is 10.4. The lowest BCUT2D eigenvalue weighted by molar-refractivity contribution is -0.176. The standard InChI is InChI=1S/C10H19NO3/c1-13-8-5-9(11,6-8)10(12)3-2-4-14-7-10/h8,12H,2-7,11H2,1H3. The predicted octanol–water partition coefficient (Wildman–Crippen LogP) is 0.0342. The van der Waals surface area contributed by atoms with Gasteiger partial charge in [0.25, 0.3) is 0 Å². The van der Waals surface area contributed by atoms with Gasteiger partial charge < -0.3 is 20.3 Å². The van der Waals surface area contributed by atoms with Crippen LogP contribution in [0.5, 0.6) is 0 Å². The van der Waals surface area contributed by atoms with Gasteiger partial charge in [-0.2, -0.15) is 0 Å².